The van der Waals surface area contributed by atoms with Gasteiger partial charge >= 0.3 is 0 Å². The zero-order chi connectivity index (χ0) is 24.1. The number of carbonyl (C=O) groups excluding carboxylic acids is 2. The summed E-state index contributed by atoms with van der Waals surface area (Å²) in [4.78, 5) is 36.3. The summed E-state index contributed by atoms with van der Waals surface area (Å²) >= 11 is 12.1. The van der Waals surface area contributed by atoms with Crippen LogP contribution in [0.4, 0.5) is 0 Å². The van der Waals surface area contributed by atoms with Crippen LogP contribution >= 0.6 is 23.2 Å². The van der Waals surface area contributed by atoms with Crippen LogP contribution in [0.1, 0.15) is 41.7 Å². The molecule has 1 aliphatic rings. The Kier molecular flexibility index (Phi) is 7.79. The number of fused-ring (bicyclic) bond motifs is 1. The van der Waals surface area contributed by atoms with Gasteiger partial charge in [-0.05, 0) is 31.2 Å². The highest BCUT2D eigenvalue weighted by Gasteiger charge is 2.39. The quantitative estimate of drug-likeness (QED) is 0.295. The van der Waals surface area contributed by atoms with Crippen LogP contribution in [-0.2, 0) is 0 Å². The minimum absolute atomic E-state index is 0.0408. The van der Waals surface area contributed by atoms with Gasteiger partial charge in [0.25, 0.3) is 11.8 Å². The SMILES string of the molecule is C=C/C=C(\C)CN1C(=O)c2nc(-c3ccc(Cl)cc3)c(-c3ccc(Cl)cc3)nc2C1=O.CC. The largest absolute Gasteiger partial charge is 0.282 e. The third-order valence-electron chi connectivity index (χ3n) is 4.84. The standard InChI is InChI=1S/C24H17Cl2N3O2.C2H6/c1-3-4-14(2)13-29-23(30)21-22(24(29)31)28-20(16-7-11-18(26)12-8-16)19(27-21)15-5-9-17(25)10-6-15;1-2/h3-12H,1,13H2,2H3;1-2H3/b14-4+;. The minimum atomic E-state index is -0.470. The number of benzene rings is 2. The van der Waals surface area contributed by atoms with Crippen molar-refractivity contribution in [1.82, 2.24) is 14.9 Å². The van der Waals surface area contributed by atoms with Crippen molar-refractivity contribution in [2.75, 3.05) is 6.54 Å². The first kappa shape index (κ1) is 24.4. The Morgan fingerprint density at radius 3 is 1.58 bits per heavy atom. The first-order valence-corrected chi connectivity index (χ1v) is 11.2. The lowest BCUT2D eigenvalue weighted by Crippen LogP contribution is -2.31. The number of hydrogen-bond donors (Lipinski definition) is 0. The molecule has 0 fully saturated rings. The number of imide groups is 1. The Labute approximate surface area is 203 Å². The van der Waals surface area contributed by atoms with Crippen LogP contribution in [0.25, 0.3) is 22.5 Å². The van der Waals surface area contributed by atoms with E-state index in [-0.39, 0.29) is 17.9 Å². The number of halogens is 2. The summed E-state index contributed by atoms with van der Waals surface area (Å²) in [5, 5.41) is 1.15. The van der Waals surface area contributed by atoms with Crippen LogP contribution in [0.5, 0.6) is 0 Å². The molecule has 1 aromatic heterocycles. The van der Waals surface area contributed by atoms with Crippen LogP contribution in [0.3, 0.4) is 0 Å². The molecule has 0 aliphatic carbocycles. The van der Waals surface area contributed by atoms with E-state index in [2.05, 4.69) is 16.5 Å². The van der Waals surface area contributed by atoms with E-state index in [0.29, 0.717) is 21.4 Å². The lowest BCUT2D eigenvalue weighted by molar-refractivity contribution is 0.0664. The van der Waals surface area contributed by atoms with Crippen LogP contribution in [0.2, 0.25) is 10.0 Å². The van der Waals surface area contributed by atoms with Crippen molar-refractivity contribution in [2.45, 2.75) is 20.8 Å². The van der Waals surface area contributed by atoms with E-state index in [9.17, 15) is 9.59 Å². The van der Waals surface area contributed by atoms with Crippen molar-refractivity contribution in [2.24, 2.45) is 0 Å². The fraction of sp³-hybridized carbons (Fsp3) is 0.154. The maximum atomic E-state index is 13.0. The molecule has 3 aromatic rings. The summed E-state index contributed by atoms with van der Waals surface area (Å²) in [5.41, 5.74) is 3.33. The zero-order valence-corrected chi connectivity index (χ0v) is 20.1. The second kappa shape index (κ2) is 10.6. The molecule has 0 saturated heterocycles. The summed E-state index contributed by atoms with van der Waals surface area (Å²) < 4.78 is 0. The second-order valence-electron chi connectivity index (χ2n) is 7.08. The van der Waals surface area contributed by atoms with Gasteiger partial charge in [-0.3, -0.25) is 14.5 Å². The van der Waals surface area contributed by atoms with E-state index in [4.69, 9.17) is 23.2 Å². The Hall–Kier alpha value is -3.28. The fourth-order valence-corrected chi connectivity index (χ4v) is 3.60. The van der Waals surface area contributed by atoms with Crippen LogP contribution in [0, 0.1) is 0 Å². The lowest BCUT2D eigenvalue weighted by atomic mass is 10.0. The van der Waals surface area contributed by atoms with Crippen LogP contribution in [0.15, 0.2) is 72.8 Å². The molecular weight excluding hydrogens is 457 g/mol. The number of hydrogen-bond acceptors (Lipinski definition) is 4. The summed E-state index contributed by atoms with van der Waals surface area (Å²) in [5.74, 6) is -0.940. The summed E-state index contributed by atoms with van der Waals surface area (Å²) in [7, 11) is 0. The molecule has 7 heteroatoms. The first-order valence-electron chi connectivity index (χ1n) is 10.5. The monoisotopic (exact) mass is 479 g/mol. The first-order chi connectivity index (χ1) is 15.9. The van der Waals surface area contributed by atoms with E-state index in [1.165, 1.54) is 0 Å². The molecule has 2 heterocycles. The van der Waals surface area contributed by atoms with E-state index in [0.717, 1.165) is 21.6 Å². The van der Waals surface area contributed by atoms with Crippen molar-refractivity contribution in [3.63, 3.8) is 0 Å². The van der Waals surface area contributed by atoms with Gasteiger partial charge in [0.1, 0.15) is 0 Å². The number of nitrogens with zero attached hydrogens (tertiary/aromatic N) is 3. The van der Waals surface area contributed by atoms with E-state index in [1.807, 2.05) is 20.8 Å². The lowest BCUT2D eigenvalue weighted by Gasteiger charge is -2.12. The maximum Gasteiger partial charge on any atom is 0.282 e. The third kappa shape index (κ3) is 5.05. The molecule has 0 atom stereocenters. The Balaban J connectivity index is 0.00000149. The highest BCUT2D eigenvalue weighted by molar-refractivity contribution is 6.31. The van der Waals surface area contributed by atoms with Gasteiger partial charge in [-0.15, -0.1) is 0 Å². The molecule has 0 unspecified atom stereocenters. The summed E-state index contributed by atoms with van der Waals surface area (Å²) in [6, 6.07) is 14.1. The van der Waals surface area contributed by atoms with Crippen molar-refractivity contribution in [1.29, 1.82) is 0 Å². The zero-order valence-electron chi connectivity index (χ0n) is 18.6. The summed E-state index contributed by atoms with van der Waals surface area (Å²) in [6.07, 6.45) is 3.37. The Bertz CT molecular complexity index is 1150. The number of carbonyl (C=O) groups is 2. The molecule has 4 rings (SSSR count). The fourth-order valence-electron chi connectivity index (χ4n) is 3.35. The topological polar surface area (TPSA) is 63.2 Å². The minimum Gasteiger partial charge on any atom is -0.267 e. The molecule has 2 amide bonds. The average Bonchev–Trinajstić information content (AvgIpc) is 3.05. The van der Waals surface area contributed by atoms with Crippen molar-refractivity contribution >= 4 is 35.0 Å². The third-order valence-corrected chi connectivity index (χ3v) is 5.34. The molecule has 168 valence electrons. The van der Waals surface area contributed by atoms with Gasteiger partial charge in [0, 0.05) is 21.2 Å². The van der Waals surface area contributed by atoms with Gasteiger partial charge in [0.2, 0.25) is 0 Å². The average molecular weight is 480 g/mol. The smallest absolute Gasteiger partial charge is 0.267 e. The van der Waals surface area contributed by atoms with Crippen molar-refractivity contribution in [3.05, 3.63) is 94.3 Å². The van der Waals surface area contributed by atoms with Gasteiger partial charge in [-0.2, -0.15) is 0 Å². The molecule has 0 N–H and O–H groups in total. The van der Waals surface area contributed by atoms with Crippen molar-refractivity contribution in [3.8, 4) is 22.5 Å². The molecule has 0 spiro atoms. The molecule has 5 nitrogen and oxygen atoms in total. The van der Waals surface area contributed by atoms with Gasteiger partial charge < -0.3 is 0 Å². The number of rotatable bonds is 5. The van der Waals surface area contributed by atoms with E-state index >= 15 is 0 Å². The normalized spacial score (nSPS) is 12.9. The predicted octanol–water partition coefficient (Wildman–Crippen LogP) is 6.87. The molecule has 0 saturated carbocycles. The van der Waals surface area contributed by atoms with E-state index in [1.54, 1.807) is 60.7 Å². The number of aromatic nitrogens is 2. The van der Waals surface area contributed by atoms with Gasteiger partial charge in [-0.1, -0.05) is 85.6 Å². The van der Waals surface area contributed by atoms with Gasteiger partial charge in [0.15, 0.2) is 11.4 Å². The van der Waals surface area contributed by atoms with E-state index < -0.39 is 11.8 Å². The van der Waals surface area contributed by atoms with Crippen LogP contribution < -0.4 is 0 Å². The molecule has 0 radical (unpaired) electrons. The van der Waals surface area contributed by atoms with Gasteiger partial charge in [-0.25, -0.2) is 9.97 Å². The molecule has 33 heavy (non-hydrogen) atoms. The summed E-state index contributed by atoms with van der Waals surface area (Å²) in [6.45, 7) is 9.62. The highest BCUT2D eigenvalue weighted by Crippen LogP contribution is 2.33. The van der Waals surface area contributed by atoms with Crippen molar-refractivity contribution < 1.29 is 9.59 Å². The predicted molar refractivity (Wildman–Crippen MR) is 134 cm³/mol. The molecule has 0 bridgehead atoms. The Morgan fingerprint density at radius 2 is 1.21 bits per heavy atom. The molecular formula is C26H23Cl2N3O2. The highest BCUT2D eigenvalue weighted by atomic mass is 35.5. The Morgan fingerprint density at radius 1 is 0.818 bits per heavy atom. The van der Waals surface area contributed by atoms with Gasteiger partial charge in [0.05, 0.1) is 17.9 Å². The molecule has 1 aliphatic heterocycles. The number of amides is 2. The maximum absolute atomic E-state index is 13.0. The second-order valence-corrected chi connectivity index (χ2v) is 7.95. The molecule has 2 aromatic carbocycles. The van der Waals surface area contributed by atoms with Crippen LogP contribution in [-0.4, -0.2) is 33.2 Å². The number of allylic oxidation sites excluding steroid dienone is 2.